The molecule has 3 N–H and O–H groups in total. The lowest BCUT2D eigenvalue weighted by Gasteiger charge is -2.18. The minimum absolute atomic E-state index is 0.162. The van der Waals surface area contributed by atoms with Crippen LogP contribution in [0.25, 0.3) is 0 Å². The first-order valence-electron chi connectivity index (χ1n) is 9.40. The van der Waals surface area contributed by atoms with Crippen molar-refractivity contribution in [1.82, 2.24) is 14.9 Å². The van der Waals surface area contributed by atoms with Crippen LogP contribution in [0.4, 0.5) is 4.39 Å². The summed E-state index contributed by atoms with van der Waals surface area (Å²) in [6.07, 6.45) is 3.94. The predicted octanol–water partition coefficient (Wildman–Crippen LogP) is 2.83. The first kappa shape index (κ1) is 20.5. The Bertz CT molecular complexity index is 958. The van der Waals surface area contributed by atoms with Gasteiger partial charge in [0, 0.05) is 19.2 Å². The van der Waals surface area contributed by atoms with Crippen LogP contribution >= 0.6 is 0 Å². The van der Waals surface area contributed by atoms with Crippen molar-refractivity contribution in [3.05, 3.63) is 83.7 Å². The summed E-state index contributed by atoms with van der Waals surface area (Å²) in [4.78, 5) is 16.8. The van der Waals surface area contributed by atoms with Crippen LogP contribution in [-0.2, 0) is 17.8 Å². The zero-order valence-corrected chi connectivity index (χ0v) is 16.5. The quantitative estimate of drug-likeness (QED) is 0.613. The number of hydrogen-bond donors (Lipinski definition) is 2. The highest BCUT2D eigenvalue weighted by atomic mass is 19.1. The topological polar surface area (TPSA) is 82.2 Å². The van der Waals surface area contributed by atoms with Crippen LogP contribution in [0.1, 0.15) is 29.8 Å². The molecule has 1 unspecified atom stereocenters. The third-order valence-electron chi connectivity index (χ3n) is 4.70. The lowest BCUT2D eigenvalue weighted by atomic mass is 10.1. The van der Waals surface area contributed by atoms with Crippen molar-refractivity contribution in [2.24, 2.45) is 5.73 Å². The Hall–Kier alpha value is -3.19. The van der Waals surface area contributed by atoms with E-state index >= 15 is 0 Å². The number of amides is 1. The summed E-state index contributed by atoms with van der Waals surface area (Å²) in [5, 5.41) is 2.82. The second kappa shape index (κ2) is 9.34. The molecule has 3 aromatic rings. The molecule has 0 saturated carbocycles. The third kappa shape index (κ3) is 5.42. The molecule has 3 rings (SSSR count). The lowest BCUT2D eigenvalue weighted by Crippen LogP contribution is -2.43. The molecule has 1 amide bonds. The van der Waals surface area contributed by atoms with Crippen LogP contribution in [-0.4, -0.2) is 28.6 Å². The van der Waals surface area contributed by atoms with Crippen molar-refractivity contribution >= 4 is 5.91 Å². The maximum Gasteiger partial charge on any atom is 0.237 e. The van der Waals surface area contributed by atoms with Crippen LogP contribution in [0.5, 0.6) is 5.75 Å². The van der Waals surface area contributed by atoms with E-state index < -0.39 is 11.9 Å². The molecular weight excluding hydrogens is 371 g/mol. The standard InChI is InChI=1S/C22H25FN4O2/c1-15(17-8-9-21(29-2)19(23)10-17)26-22(28)20(24)11-18-13-27(14-25-18)12-16-6-4-3-5-7-16/h3-10,13-15,20H,11-12,24H2,1-2H3,(H,26,28)/t15?,20-/m0/s1. The van der Waals surface area contributed by atoms with Gasteiger partial charge in [-0.1, -0.05) is 36.4 Å². The minimum Gasteiger partial charge on any atom is -0.494 e. The fraction of sp³-hybridized carbons (Fsp3) is 0.273. The summed E-state index contributed by atoms with van der Waals surface area (Å²) in [7, 11) is 1.41. The van der Waals surface area contributed by atoms with E-state index in [4.69, 9.17) is 10.5 Å². The fourth-order valence-electron chi connectivity index (χ4n) is 3.07. The number of carbonyl (C=O) groups excluding carboxylic acids is 1. The summed E-state index contributed by atoms with van der Waals surface area (Å²) < 4.78 is 20.7. The molecule has 0 aliphatic rings. The Kier molecular flexibility index (Phi) is 6.61. The maximum absolute atomic E-state index is 13.9. The maximum atomic E-state index is 13.9. The lowest BCUT2D eigenvalue weighted by molar-refractivity contribution is -0.123. The smallest absolute Gasteiger partial charge is 0.237 e. The van der Waals surface area contributed by atoms with Crippen molar-refractivity contribution in [2.45, 2.75) is 32.0 Å². The van der Waals surface area contributed by atoms with E-state index in [9.17, 15) is 9.18 Å². The van der Waals surface area contributed by atoms with Crippen LogP contribution in [0.2, 0.25) is 0 Å². The Morgan fingerprint density at radius 2 is 2.03 bits per heavy atom. The molecule has 1 aromatic heterocycles. The van der Waals surface area contributed by atoms with Gasteiger partial charge < -0.3 is 20.4 Å². The average Bonchev–Trinajstić information content (AvgIpc) is 3.15. The molecular formula is C22H25FN4O2. The van der Waals surface area contributed by atoms with Gasteiger partial charge in [-0.15, -0.1) is 0 Å². The molecule has 0 bridgehead atoms. The first-order valence-corrected chi connectivity index (χ1v) is 9.40. The van der Waals surface area contributed by atoms with Crippen LogP contribution < -0.4 is 15.8 Å². The van der Waals surface area contributed by atoms with E-state index in [0.717, 1.165) is 5.69 Å². The van der Waals surface area contributed by atoms with E-state index in [1.165, 1.54) is 24.8 Å². The number of methoxy groups -OCH3 is 1. The number of benzene rings is 2. The van der Waals surface area contributed by atoms with Gasteiger partial charge in [-0.2, -0.15) is 0 Å². The van der Waals surface area contributed by atoms with Gasteiger partial charge in [0.2, 0.25) is 5.91 Å². The molecule has 1 heterocycles. The van der Waals surface area contributed by atoms with Gasteiger partial charge in [-0.05, 0) is 30.2 Å². The fourth-order valence-corrected chi connectivity index (χ4v) is 3.07. The van der Waals surface area contributed by atoms with Gasteiger partial charge in [-0.3, -0.25) is 4.79 Å². The van der Waals surface area contributed by atoms with Crippen molar-refractivity contribution in [3.63, 3.8) is 0 Å². The van der Waals surface area contributed by atoms with E-state index in [-0.39, 0.29) is 17.7 Å². The molecule has 2 aromatic carbocycles. The van der Waals surface area contributed by atoms with E-state index in [1.807, 2.05) is 41.1 Å². The summed E-state index contributed by atoms with van der Waals surface area (Å²) in [5.41, 5.74) is 8.60. The number of imidazole rings is 1. The molecule has 0 aliphatic heterocycles. The molecule has 0 aliphatic carbocycles. The number of nitrogens with one attached hydrogen (secondary N) is 1. The molecule has 7 heteroatoms. The second-order valence-electron chi connectivity index (χ2n) is 6.96. The largest absolute Gasteiger partial charge is 0.494 e. The summed E-state index contributed by atoms with van der Waals surface area (Å²) in [6, 6.07) is 13.5. The molecule has 0 saturated heterocycles. The average molecular weight is 396 g/mol. The van der Waals surface area contributed by atoms with Crippen LogP contribution in [0, 0.1) is 5.82 Å². The predicted molar refractivity (Wildman–Crippen MR) is 109 cm³/mol. The zero-order valence-electron chi connectivity index (χ0n) is 16.5. The van der Waals surface area contributed by atoms with Crippen LogP contribution in [0.3, 0.4) is 0 Å². The molecule has 0 spiro atoms. The minimum atomic E-state index is -0.749. The zero-order chi connectivity index (χ0) is 20.8. The molecule has 0 radical (unpaired) electrons. The number of ether oxygens (including phenoxy) is 1. The summed E-state index contributed by atoms with van der Waals surface area (Å²) >= 11 is 0. The normalized spacial score (nSPS) is 13.0. The highest BCUT2D eigenvalue weighted by molar-refractivity contribution is 5.82. The van der Waals surface area contributed by atoms with Crippen LogP contribution in [0.15, 0.2) is 61.1 Å². The number of aromatic nitrogens is 2. The van der Waals surface area contributed by atoms with Crippen molar-refractivity contribution in [2.75, 3.05) is 7.11 Å². The molecule has 152 valence electrons. The summed E-state index contributed by atoms with van der Waals surface area (Å²) in [6.45, 7) is 2.48. The van der Waals surface area contributed by atoms with Gasteiger partial charge in [0.05, 0.1) is 31.2 Å². The van der Waals surface area contributed by atoms with E-state index in [0.29, 0.717) is 18.5 Å². The Labute approximate surface area is 169 Å². The van der Waals surface area contributed by atoms with Gasteiger partial charge in [0.25, 0.3) is 0 Å². The third-order valence-corrected chi connectivity index (χ3v) is 4.70. The highest BCUT2D eigenvalue weighted by Gasteiger charge is 2.19. The molecule has 2 atom stereocenters. The number of rotatable bonds is 8. The number of carbonyl (C=O) groups is 1. The number of nitrogens with two attached hydrogens (primary N) is 1. The Morgan fingerprint density at radius 1 is 1.28 bits per heavy atom. The number of nitrogens with zero attached hydrogens (tertiary/aromatic N) is 2. The SMILES string of the molecule is COc1ccc(C(C)NC(=O)[C@@H](N)Cc2cn(Cc3ccccc3)cn2)cc1F. The molecule has 6 nitrogen and oxygen atoms in total. The molecule has 0 fully saturated rings. The highest BCUT2D eigenvalue weighted by Crippen LogP contribution is 2.21. The monoisotopic (exact) mass is 396 g/mol. The Morgan fingerprint density at radius 3 is 2.72 bits per heavy atom. The van der Waals surface area contributed by atoms with E-state index in [1.54, 1.807) is 19.3 Å². The van der Waals surface area contributed by atoms with Gasteiger partial charge in [-0.25, -0.2) is 9.37 Å². The van der Waals surface area contributed by atoms with Gasteiger partial charge >= 0.3 is 0 Å². The number of hydrogen-bond acceptors (Lipinski definition) is 4. The van der Waals surface area contributed by atoms with E-state index in [2.05, 4.69) is 10.3 Å². The van der Waals surface area contributed by atoms with Crippen molar-refractivity contribution < 1.29 is 13.9 Å². The summed E-state index contributed by atoms with van der Waals surface area (Å²) in [5.74, 6) is -0.624. The van der Waals surface area contributed by atoms with Crippen molar-refractivity contribution in [1.29, 1.82) is 0 Å². The Balaban J connectivity index is 1.56. The second-order valence-corrected chi connectivity index (χ2v) is 6.96. The van der Waals surface area contributed by atoms with Gasteiger partial charge in [0.1, 0.15) is 0 Å². The van der Waals surface area contributed by atoms with Gasteiger partial charge in [0.15, 0.2) is 11.6 Å². The first-order chi connectivity index (χ1) is 14.0. The molecule has 29 heavy (non-hydrogen) atoms. The van der Waals surface area contributed by atoms with Crippen molar-refractivity contribution in [3.8, 4) is 5.75 Å². The number of halogens is 1.